The Morgan fingerprint density at radius 3 is 2.19 bits per heavy atom. The summed E-state index contributed by atoms with van der Waals surface area (Å²) in [5.41, 5.74) is 3.60. The van der Waals surface area contributed by atoms with Crippen molar-refractivity contribution in [2.75, 3.05) is 26.2 Å². The van der Waals surface area contributed by atoms with Gasteiger partial charge in [-0.1, -0.05) is 6.07 Å². The van der Waals surface area contributed by atoms with Crippen molar-refractivity contribution in [3.05, 3.63) is 34.9 Å². The number of piperidine rings is 2. The maximum absolute atomic E-state index is 12.9. The maximum atomic E-state index is 12.9. The first-order valence-electron chi connectivity index (χ1n) is 10.4. The van der Waals surface area contributed by atoms with Crippen LogP contribution >= 0.6 is 0 Å². The van der Waals surface area contributed by atoms with Gasteiger partial charge in [-0.25, -0.2) is 0 Å². The molecule has 1 aliphatic carbocycles. The van der Waals surface area contributed by atoms with Gasteiger partial charge in [0.1, 0.15) is 0 Å². The first kappa shape index (κ1) is 17.6. The van der Waals surface area contributed by atoms with E-state index in [-0.39, 0.29) is 11.8 Å². The molecule has 3 aliphatic rings. The van der Waals surface area contributed by atoms with E-state index in [1.165, 1.54) is 30.4 Å². The largest absolute Gasteiger partial charge is 0.342 e. The van der Waals surface area contributed by atoms with Crippen LogP contribution in [0.15, 0.2) is 18.2 Å². The van der Waals surface area contributed by atoms with Crippen molar-refractivity contribution in [1.29, 1.82) is 0 Å². The molecular formula is C22H30N2O2. The highest BCUT2D eigenvalue weighted by molar-refractivity contribution is 5.94. The van der Waals surface area contributed by atoms with Crippen LogP contribution in [0.3, 0.4) is 0 Å². The topological polar surface area (TPSA) is 40.6 Å². The van der Waals surface area contributed by atoms with Crippen LogP contribution in [0.25, 0.3) is 0 Å². The number of amides is 2. The van der Waals surface area contributed by atoms with E-state index in [1.54, 1.807) is 0 Å². The molecule has 4 nitrogen and oxygen atoms in total. The van der Waals surface area contributed by atoms with Crippen molar-refractivity contribution in [2.24, 2.45) is 5.92 Å². The molecule has 0 atom stereocenters. The quantitative estimate of drug-likeness (QED) is 0.816. The molecule has 1 aromatic rings. The SMILES string of the molecule is O=C(c1ccc2c(c1)CCCC2)N1CCC(C(=O)N2CCCCC2)CC1. The van der Waals surface area contributed by atoms with Gasteiger partial charge >= 0.3 is 0 Å². The molecule has 0 unspecified atom stereocenters. The Balaban J connectivity index is 1.35. The molecule has 26 heavy (non-hydrogen) atoms. The lowest BCUT2D eigenvalue weighted by Gasteiger charge is -2.35. The summed E-state index contributed by atoms with van der Waals surface area (Å²) in [6, 6.07) is 6.26. The van der Waals surface area contributed by atoms with Crippen LogP contribution in [0.4, 0.5) is 0 Å². The number of hydrogen-bond acceptors (Lipinski definition) is 2. The molecule has 2 saturated heterocycles. The second kappa shape index (κ2) is 7.81. The second-order valence-corrected chi connectivity index (χ2v) is 8.14. The summed E-state index contributed by atoms with van der Waals surface area (Å²) in [6.45, 7) is 3.26. The molecule has 0 spiro atoms. The summed E-state index contributed by atoms with van der Waals surface area (Å²) in [5.74, 6) is 0.577. The molecule has 0 bridgehead atoms. The van der Waals surface area contributed by atoms with Gasteiger partial charge in [-0.3, -0.25) is 9.59 Å². The predicted molar refractivity (Wildman–Crippen MR) is 102 cm³/mol. The zero-order chi connectivity index (χ0) is 17.9. The number of carbonyl (C=O) groups is 2. The van der Waals surface area contributed by atoms with E-state index < -0.39 is 0 Å². The zero-order valence-corrected chi connectivity index (χ0v) is 15.7. The van der Waals surface area contributed by atoms with Gasteiger partial charge in [0, 0.05) is 37.7 Å². The molecule has 4 rings (SSSR count). The summed E-state index contributed by atoms with van der Waals surface area (Å²) < 4.78 is 0. The van der Waals surface area contributed by atoms with Crippen molar-refractivity contribution in [3.63, 3.8) is 0 Å². The Kier molecular flexibility index (Phi) is 5.28. The zero-order valence-electron chi connectivity index (χ0n) is 15.7. The first-order chi connectivity index (χ1) is 12.7. The van der Waals surface area contributed by atoms with Gasteiger partial charge in [0.25, 0.3) is 5.91 Å². The van der Waals surface area contributed by atoms with Crippen LogP contribution < -0.4 is 0 Å². The number of likely N-dealkylation sites (tertiary alicyclic amines) is 2. The Bertz CT molecular complexity index is 671. The number of carbonyl (C=O) groups excluding carboxylic acids is 2. The highest BCUT2D eigenvalue weighted by Gasteiger charge is 2.31. The Morgan fingerprint density at radius 1 is 0.769 bits per heavy atom. The fraction of sp³-hybridized carbons (Fsp3) is 0.636. The number of benzene rings is 1. The van der Waals surface area contributed by atoms with E-state index in [2.05, 4.69) is 17.0 Å². The molecule has 4 heteroatoms. The van der Waals surface area contributed by atoms with E-state index >= 15 is 0 Å². The van der Waals surface area contributed by atoms with Gasteiger partial charge in [-0.2, -0.15) is 0 Å². The van der Waals surface area contributed by atoms with Gasteiger partial charge in [-0.05, 0) is 81.0 Å². The molecule has 2 heterocycles. The fourth-order valence-electron chi connectivity index (χ4n) is 4.75. The third-order valence-corrected chi connectivity index (χ3v) is 6.39. The van der Waals surface area contributed by atoms with Gasteiger partial charge in [0.15, 0.2) is 0 Å². The molecule has 0 saturated carbocycles. The Labute approximate surface area is 156 Å². The lowest BCUT2D eigenvalue weighted by molar-refractivity contribution is -0.137. The lowest BCUT2D eigenvalue weighted by atomic mass is 9.90. The number of nitrogens with zero attached hydrogens (tertiary/aromatic N) is 2. The van der Waals surface area contributed by atoms with E-state index in [9.17, 15) is 9.59 Å². The number of hydrogen-bond donors (Lipinski definition) is 0. The van der Waals surface area contributed by atoms with Crippen molar-refractivity contribution in [3.8, 4) is 0 Å². The van der Waals surface area contributed by atoms with Crippen molar-refractivity contribution < 1.29 is 9.59 Å². The van der Waals surface area contributed by atoms with E-state index in [0.717, 1.165) is 57.2 Å². The van der Waals surface area contributed by atoms with Crippen molar-refractivity contribution >= 4 is 11.8 Å². The highest BCUT2D eigenvalue weighted by Crippen LogP contribution is 2.25. The van der Waals surface area contributed by atoms with Crippen molar-refractivity contribution in [1.82, 2.24) is 9.80 Å². The molecule has 0 N–H and O–H groups in total. The molecule has 0 aromatic heterocycles. The lowest BCUT2D eigenvalue weighted by Crippen LogP contribution is -2.45. The predicted octanol–water partition coefficient (Wildman–Crippen LogP) is 3.43. The molecule has 2 fully saturated rings. The van der Waals surface area contributed by atoms with Crippen LogP contribution in [-0.4, -0.2) is 47.8 Å². The average Bonchev–Trinajstić information content (AvgIpc) is 2.73. The van der Waals surface area contributed by atoms with E-state index in [0.29, 0.717) is 19.0 Å². The van der Waals surface area contributed by atoms with E-state index in [1.807, 2.05) is 11.0 Å². The van der Waals surface area contributed by atoms with Gasteiger partial charge in [-0.15, -0.1) is 0 Å². The first-order valence-corrected chi connectivity index (χ1v) is 10.4. The Hall–Kier alpha value is -1.84. The standard InChI is InChI=1S/C22H30N2O2/c25-21(23-12-4-1-5-13-23)18-10-14-24(15-11-18)22(26)20-9-8-17-6-2-3-7-19(17)16-20/h8-9,16,18H,1-7,10-15H2. The average molecular weight is 354 g/mol. The molecule has 0 radical (unpaired) electrons. The van der Waals surface area contributed by atoms with E-state index in [4.69, 9.17) is 0 Å². The van der Waals surface area contributed by atoms with Crippen LogP contribution in [0, 0.1) is 5.92 Å². The third kappa shape index (κ3) is 3.65. The Morgan fingerprint density at radius 2 is 1.46 bits per heavy atom. The van der Waals surface area contributed by atoms with Crippen molar-refractivity contribution in [2.45, 2.75) is 57.8 Å². The van der Waals surface area contributed by atoms with Gasteiger partial charge < -0.3 is 9.80 Å². The third-order valence-electron chi connectivity index (χ3n) is 6.39. The number of rotatable bonds is 2. The minimum absolute atomic E-state index is 0.112. The minimum Gasteiger partial charge on any atom is -0.342 e. The van der Waals surface area contributed by atoms with Crippen LogP contribution in [0.1, 0.15) is 66.4 Å². The summed E-state index contributed by atoms with van der Waals surface area (Å²) >= 11 is 0. The molecule has 1 aromatic carbocycles. The van der Waals surface area contributed by atoms with Crippen LogP contribution in [0.5, 0.6) is 0 Å². The fourth-order valence-corrected chi connectivity index (χ4v) is 4.75. The van der Waals surface area contributed by atoms with Crippen LogP contribution in [-0.2, 0) is 17.6 Å². The van der Waals surface area contributed by atoms with Gasteiger partial charge in [0.2, 0.25) is 5.91 Å². The number of aryl methyl sites for hydroxylation is 2. The minimum atomic E-state index is 0.112. The molecule has 2 amide bonds. The summed E-state index contributed by atoms with van der Waals surface area (Å²) in [7, 11) is 0. The summed E-state index contributed by atoms with van der Waals surface area (Å²) in [4.78, 5) is 29.6. The van der Waals surface area contributed by atoms with Crippen LogP contribution in [0.2, 0.25) is 0 Å². The second-order valence-electron chi connectivity index (χ2n) is 8.14. The summed E-state index contributed by atoms with van der Waals surface area (Å²) in [6.07, 6.45) is 9.89. The normalized spacial score (nSPS) is 21.4. The monoisotopic (exact) mass is 354 g/mol. The molecule has 140 valence electrons. The molecule has 2 aliphatic heterocycles. The van der Waals surface area contributed by atoms with Gasteiger partial charge in [0.05, 0.1) is 0 Å². The molecular weight excluding hydrogens is 324 g/mol. The maximum Gasteiger partial charge on any atom is 0.253 e. The summed E-state index contributed by atoms with van der Waals surface area (Å²) in [5, 5.41) is 0. The smallest absolute Gasteiger partial charge is 0.253 e. The number of fused-ring (bicyclic) bond motifs is 1. The highest BCUT2D eigenvalue weighted by atomic mass is 16.2.